The summed E-state index contributed by atoms with van der Waals surface area (Å²) in [4.78, 5) is 63.1. The molecule has 9 heteroatoms. The molecule has 4 amide bonds. The van der Waals surface area contributed by atoms with E-state index in [1.54, 1.807) is 44.2 Å². The Balaban J connectivity index is 2.37. The summed E-state index contributed by atoms with van der Waals surface area (Å²) >= 11 is 0. The molecule has 0 radical (unpaired) electrons. The van der Waals surface area contributed by atoms with Crippen molar-refractivity contribution in [2.75, 3.05) is 18.1 Å². The van der Waals surface area contributed by atoms with Crippen LogP contribution in [0, 0.1) is 5.41 Å². The summed E-state index contributed by atoms with van der Waals surface area (Å²) in [5, 5.41) is 2.18. The van der Waals surface area contributed by atoms with Crippen molar-refractivity contribution < 1.29 is 33.4 Å². The van der Waals surface area contributed by atoms with Crippen molar-refractivity contribution >= 4 is 35.5 Å². The zero-order chi connectivity index (χ0) is 21.4. The highest BCUT2D eigenvalue weighted by atomic mass is 16.5. The lowest BCUT2D eigenvalue weighted by atomic mass is 9.75. The number of nitrogens with one attached hydrogen (secondary N) is 1. The molecular weight excluding hydrogens is 380 g/mol. The molecule has 1 aromatic rings. The van der Waals surface area contributed by atoms with Crippen molar-refractivity contribution in [2.24, 2.45) is 5.41 Å². The number of anilines is 1. The first-order chi connectivity index (χ1) is 13.9. The van der Waals surface area contributed by atoms with Gasteiger partial charge in [0.05, 0.1) is 18.9 Å². The molecular formula is C20H24N2O7. The number of hydrogen-bond acceptors (Lipinski definition) is 7. The highest BCUT2D eigenvalue weighted by Gasteiger charge is 2.54. The van der Waals surface area contributed by atoms with Crippen LogP contribution in [0.1, 0.15) is 39.5 Å². The van der Waals surface area contributed by atoms with E-state index in [-0.39, 0.29) is 44.6 Å². The second-order valence-electron chi connectivity index (χ2n) is 6.43. The molecule has 1 N–H and O–H groups in total. The first kappa shape index (κ1) is 22.1. The number of hydrogen-bond donors (Lipinski definition) is 1. The number of esters is 2. The molecule has 0 aromatic heterocycles. The number of nitrogens with zero attached hydrogens (tertiary/aromatic N) is 1. The van der Waals surface area contributed by atoms with Crippen LogP contribution in [0.2, 0.25) is 0 Å². The number of benzene rings is 1. The Kier molecular flexibility index (Phi) is 7.46. The summed E-state index contributed by atoms with van der Waals surface area (Å²) in [5.41, 5.74) is -1.50. The van der Waals surface area contributed by atoms with E-state index in [1.807, 2.05) is 0 Å². The summed E-state index contributed by atoms with van der Waals surface area (Å²) < 4.78 is 9.78. The van der Waals surface area contributed by atoms with Gasteiger partial charge in [-0.25, -0.2) is 9.69 Å². The van der Waals surface area contributed by atoms with Crippen LogP contribution in [0.3, 0.4) is 0 Å². The summed E-state index contributed by atoms with van der Waals surface area (Å²) in [6.07, 6.45) is -0.835. The number of carbonyl (C=O) groups is 5. The van der Waals surface area contributed by atoms with Crippen LogP contribution in [0.4, 0.5) is 10.5 Å². The molecule has 156 valence electrons. The Morgan fingerprint density at radius 3 is 1.93 bits per heavy atom. The third kappa shape index (κ3) is 4.98. The van der Waals surface area contributed by atoms with Gasteiger partial charge in [0.2, 0.25) is 5.91 Å². The zero-order valence-electron chi connectivity index (χ0n) is 16.4. The van der Waals surface area contributed by atoms with Gasteiger partial charge >= 0.3 is 18.0 Å². The van der Waals surface area contributed by atoms with Crippen LogP contribution >= 0.6 is 0 Å². The molecule has 9 nitrogen and oxygen atoms in total. The topological polar surface area (TPSA) is 119 Å². The molecule has 1 aliphatic rings. The number of amides is 4. The number of carbonyl (C=O) groups excluding carboxylic acids is 5. The molecule has 0 spiro atoms. The van der Waals surface area contributed by atoms with Crippen molar-refractivity contribution in [3.63, 3.8) is 0 Å². The van der Waals surface area contributed by atoms with Crippen molar-refractivity contribution in [1.82, 2.24) is 5.32 Å². The number of ether oxygens (including phenoxy) is 2. The van der Waals surface area contributed by atoms with E-state index >= 15 is 0 Å². The van der Waals surface area contributed by atoms with Gasteiger partial charge in [-0.3, -0.25) is 24.5 Å². The summed E-state index contributed by atoms with van der Waals surface area (Å²) in [6.45, 7) is 3.60. The molecule has 1 aliphatic heterocycles. The minimum Gasteiger partial charge on any atom is -0.466 e. The van der Waals surface area contributed by atoms with Crippen LogP contribution in [0.5, 0.6) is 0 Å². The van der Waals surface area contributed by atoms with Gasteiger partial charge in [-0.1, -0.05) is 18.2 Å². The predicted octanol–water partition coefficient (Wildman–Crippen LogP) is 1.94. The number of para-hydroxylation sites is 1. The van der Waals surface area contributed by atoms with Crippen molar-refractivity contribution in [2.45, 2.75) is 39.5 Å². The minimum atomic E-state index is -1.77. The first-order valence-electron chi connectivity index (χ1n) is 9.42. The third-order valence-corrected chi connectivity index (χ3v) is 4.61. The van der Waals surface area contributed by atoms with Crippen molar-refractivity contribution in [1.29, 1.82) is 0 Å². The lowest BCUT2D eigenvalue weighted by molar-refractivity contribution is -0.148. The Morgan fingerprint density at radius 2 is 1.45 bits per heavy atom. The second-order valence-corrected chi connectivity index (χ2v) is 6.43. The molecule has 1 saturated heterocycles. The highest BCUT2D eigenvalue weighted by Crippen LogP contribution is 2.37. The van der Waals surface area contributed by atoms with Gasteiger partial charge in [-0.2, -0.15) is 0 Å². The van der Waals surface area contributed by atoms with E-state index in [4.69, 9.17) is 9.47 Å². The second kappa shape index (κ2) is 9.81. The molecule has 1 aromatic carbocycles. The largest absolute Gasteiger partial charge is 0.466 e. The molecule has 0 bridgehead atoms. The van der Waals surface area contributed by atoms with E-state index in [9.17, 15) is 24.0 Å². The van der Waals surface area contributed by atoms with Gasteiger partial charge in [0.25, 0.3) is 5.91 Å². The number of urea groups is 1. The Labute approximate surface area is 168 Å². The fraction of sp³-hybridized carbons (Fsp3) is 0.450. The van der Waals surface area contributed by atoms with Gasteiger partial charge in [0.1, 0.15) is 5.41 Å². The molecule has 0 unspecified atom stereocenters. The Bertz CT molecular complexity index is 769. The van der Waals surface area contributed by atoms with E-state index in [0.29, 0.717) is 0 Å². The van der Waals surface area contributed by atoms with E-state index in [2.05, 4.69) is 5.32 Å². The molecule has 0 atom stereocenters. The number of imide groups is 2. The van der Waals surface area contributed by atoms with Gasteiger partial charge in [-0.05, 0) is 38.8 Å². The third-order valence-electron chi connectivity index (χ3n) is 4.61. The fourth-order valence-electron chi connectivity index (χ4n) is 3.15. The lowest BCUT2D eigenvalue weighted by Crippen LogP contribution is -2.64. The van der Waals surface area contributed by atoms with E-state index in [0.717, 1.165) is 4.90 Å². The quantitative estimate of drug-likeness (QED) is 0.493. The lowest BCUT2D eigenvalue weighted by Gasteiger charge is -2.39. The Morgan fingerprint density at radius 1 is 0.931 bits per heavy atom. The average Bonchev–Trinajstić information content (AvgIpc) is 2.69. The molecule has 1 fully saturated rings. The normalized spacial score (nSPS) is 15.7. The van der Waals surface area contributed by atoms with Crippen LogP contribution < -0.4 is 10.2 Å². The van der Waals surface area contributed by atoms with E-state index in [1.165, 1.54) is 0 Å². The van der Waals surface area contributed by atoms with Gasteiger partial charge in [-0.15, -0.1) is 0 Å². The SMILES string of the molecule is CCOC(=O)CCC1(CCC(=O)OCC)C(=O)NC(=O)N(c2ccccc2)C1=O. The molecule has 0 aliphatic carbocycles. The highest BCUT2D eigenvalue weighted by molar-refractivity contribution is 6.30. The number of rotatable bonds is 9. The van der Waals surface area contributed by atoms with Crippen LogP contribution in [-0.2, 0) is 28.7 Å². The van der Waals surface area contributed by atoms with Crippen LogP contribution in [-0.4, -0.2) is 43.0 Å². The standard InChI is InChI=1S/C20H24N2O7/c1-3-28-15(23)10-12-20(13-11-16(24)29-4-2)17(25)21-19(27)22(18(20)26)14-8-6-5-7-9-14/h5-9H,3-4,10-13H2,1-2H3,(H,21,25,27). The summed E-state index contributed by atoms with van der Waals surface area (Å²) in [5.74, 6) is -2.78. The predicted molar refractivity (Wildman–Crippen MR) is 102 cm³/mol. The maximum atomic E-state index is 13.3. The fourth-order valence-corrected chi connectivity index (χ4v) is 3.15. The molecule has 1 heterocycles. The van der Waals surface area contributed by atoms with Gasteiger partial charge in [0, 0.05) is 12.8 Å². The van der Waals surface area contributed by atoms with Crippen molar-refractivity contribution in [3.05, 3.63) is 30.3 Å². The van der Waals surface area contributed by atoms with Gasteiger partial charge < -0.3 is 9.47 Å². The van der Waals surface area contributed by atoms with Crippen LogP contribution in [0.25, 0.3) is 0 Å². The molecule has 2 rings (SSSR count). The number of barbiturate groups is 1. The smallest absolute Gasteiger partial charge is 0.335 e. The minimum absolute atomic E-state index is 0.156. The molecule has 29 heavy (non-hydrogen) atoms. The van der Waals surface area contributed by atoms with Crippen molar-refractivity contribution in [3.8, 4) is 0 Å². The molecule has 0 saturated carbocycles. The maximum absolute atomic E-state index is 13.3. The Hall–Kier alpha value is -3.23. The average molecular weight is 404 g/mol. The monoisotopic (exact) mass is 404 g/mol. The zero-order valence-corrected chi connectivity index (χ0v) is 16.4. The van der Waals surface area contributed by atoms with Crippen LogP contribution in [0.15, 0.2) is 30.3 Å². The summed E-state index contributed by atoms with van der Waals surface area (Å²) in [7, 11) is 0. The maximum Gasteiger partial charge on any atom is 0.335 e. The first-order valence-corrected chi connectivity index (χ1v) is 9.42. The van der Waals surface area contributed by atoms with E-state index < -0.39 is 35.2 Å². The van der Waals surface area contributed by atoms with Gasteiger partial charge in [0.15, 0.2) is 0 Å². The summed E-state index contributed by atoms with van der Waals surface area (Å²) in [6, 6.07) is 7.23.